The minimum Gasteiger partial charge on any atom is -0.468 e. The first-order chi connectivity index (χ1) is 8.22. The van der Waals surface area contributed by atoms with Gasteiger partial charge in [0.05, 0.1) is 7.11 Å². The number of hydrogen-bond acceptors (Lipinski definition) is 5. The van der Waals surface area contributed by atoms with E-state index in [0.717, 1.165) is 18.1 Å². The lowest BCUT2D eigenvalue weighted by molar-refractivity contribution is -0.141. The molecule has 1 heterocycles. The molecule has 17 heavy (non-hydrogen) atoms. The van der Waals surface area contributed by atoms with Crippen molar-refractivity contribution in [3.8, 4) is 0 Å². The Morgan fingerprint density at radius 2 is 2.24 bits per heavy atom. The van der Waals surface area contributed by atoms with E-state index in [1.165, 1.54) is 25.7 Å². The molecule has 1 amide bonds. The van der Waals surface area contributed by atoms with E-state index in [9.17, 15) is 9.59 Å². The van der Waals surface area contributed by atoms with Crippen LogP contribution in [0.3, 0.4) is 0 Å². The van der Waals surface area contributed by atoms with Crippen molar-refractivity contribution in [1.29, 1.82) is 0 Å². The Morgan fingerprint density at radius 3 is 2.88 bits per heavy atom. The van der Waals surface area contributed by atoms with E-state index in [-0.39, 0.29) is 12.5 Å². The smallest absolute Gasteiger partial charge is 0.325 e. The van der Waals surface area contributed by atoms with Crippen LogP contribution in [0.5, 0.6) is 0 Å². The highest BCUT2D eigenvalue weighted by Crippen LogP contribution is 2.39. The molecule has 98 valence electrons. The fourth-order valence-corrected chi connectivity index (χ4v) is 4.58. The van der Waals surface area contributed by atoms with Crippen LogP contribution < -0.4 is 5.32 Å². The second-order valence-corrected chi connectivity index (χ2v) is 6.72. The maximum atomic E-state index is 11.3. The Balaban J connectivity index is 1.94. The number of methoxy groups -OCH3 is 1. The highest BCUT2D eigenvalue weighted by Gasteiger charge is 2.15. The highest BCUT2D eigenvalue weighted by atomic mass is 33.1. The zero-order valence-corrected chi connectivity index (χ0v) is 11.7. The van der Waals surface area contributed by atoms with Crippen molar-refractivity contribution in [2.75, 3.05) is 19.4 Å². The third-order valence-electron chi connectivity index (χ3n) is 2.56. The van der Waals surface area contributed by atoms with Gasteiger partial charge in [-0.15, -0.1) is 0 Å². The molecule has 0 aromatic heterocycles. The largest absolute Gasteiger partial charge is 0.468 e. The van der Waals surface area contributed by atoms with Crippen molar-refractivity contribution in [2.45, 2.75) is 37.4 Å². The van der Waals surface area contributed by atoms with E-state index in [0.29, 0.717) is 6.42 Å². The topological polar surface area (TPSA) is 55.4 Å². The fraction of sp³-hybridized carbons (Fsp3) is 0.818. The summed E-state index contributed by atoms with van der Waals surface area (Å²) < 4.78 is 4.44. The zero-order valence-electron chi connectivity index (χ0n) is 10.1. The van der Waals surface area contributed by atoms with Crippen LogP contribution >= 0.6 is 21.6 Å². The van der Waals surface area contributed by atoms with Crippen LogP contribution in [-0.4, -0.2) is 36.5 Å². The Kier molecular flexibility index (Phi) is 7.51. The molecule has 1 aliphatic heterocycles. The standard InChI is InChI=1S/C11H19NO3S2/c1-15-11(14)8-12-10(13)5-3-2-4-9-6-7-16-17-9/h9H,2-8H2,1H3,(H,12,13). The Morgan fingerprint density at radius 1 is 1.41 bits per heavy atom. The molecule has 1 unspecified atom stereocenters. The molecule has 1 atom stereocenters. The summed E-state index contributed by atoms with van der Waals surface area (Å²) in [5, 5.41) is 3.32. The van der Waals surface area contributed by atoms with Gasteiger partial charge >= 0.3 is 5.97 Å². The SMILES string of the molecule is COC(=O)CNC(=O)CCCCC1CCSS1. The number of ether oxygens (including phenoxy) is 1. The zero-order chi connectivity index (χ0) is 12.5. The average Bonchev–Trinajstić information content (AvgIpc) is 2.84. The van der Waals surface area contributed by atoms with E-state index in [4.69, 9.17) is 0 Å². The van der Waals surface area contributed by atoms with Crippen LogP contribution in [0.25, 0.3) is 0 Å². The number of esters is 1. The number of nitrogens with one attached hydrogen (secondary N) is 1. The van der Waals surface area contributed by atoms with Crippen molar-refractivity contribution in [1.82, 2.24) is 5.32 Å². The molecule has 0 saturated carbocycles. The van der Waals surface area contributed by atoms with Crippen LogP contribution in [0, 0.1) is 0 Å². The summed E-state index contributed by atoms with van der Waals surface area (Å²) in [5.41, 5.74) is 0. The Bertz CT molecular complexity index is 255. The summed E-state index contributed by atoms with van der Waals surface area (Å²) in [6.45, 7) is -0.0234. The Hall–Kier alpha value is -0.360. The summed E-state index contributed by atoms with van der Waals surface area (Å²) in [4.78, 5) is 22.1. The average molecular weight is 277 g/mol. The maximum absolute atomic E-state index is 11.3. The van der Waals surface area contributed by atoms with Crippen LogP contribution in [0.4, 0.5) is 0 Å². The minimum atomic E-state index is -0.405. The molecule has 0 bridgehead atoms. The molecule has 4 nitrogen and oxygen atoms in total. The van der Waals surface area contributed by atoms with Crippen LogP contribution in [0.15, 0.2) is 0 Å². The highest BCUT2D eigenvalue weighted by molar-refractivity contribution is 8.77. The van der Waals surface area contributed by atoms with Gasteiger partial charge < -0.3 is 10.1 Å². The van der Waals surface area contributed by atoms with Gasteiger partial charge in [0.15, 0.2) is 0 Å². The molecular weight excluding hydrogens is 258 g/mol. The molecule has 1 aliphatic rings. The van der Waals surface area contributed by atoms with E-state index in [2.05, 4.69) is 10.1 Å². The third-order valence-corrected chi connectivity index (χ3v) is 5.57. The van der Waals surface area contributed by atoms with Gasteiger partial charge in [0.1, 0.15) is 6.54 Å². The van der Waals surface area contributed by atoms with Gasteiger partial charge in [0.25, 0.3) is 0 Å². The normalized spacial score (nSPS) is 19.0. The fourth-order valence-electron chi connectivity index (χ4n) is 1.55. The van der Waals surface area contributed by atoms with Crippen molar-refractivity contribution in [3.05, 3.63) is 0 Å². The van der Waals surface area contributed by atoms with Gasteiger partial charge in [-0.3, -0.25) is 9.59 Å². The van der Waals surface area contributed by atoms with Gasteiger partial charge in [0, 0.05) is 17.4 Å². The molecule has 1 N–H and O–H groups in total. The molecule has 0 aliphatic carbocycles. The van der Waals surface area contributed by atoms with Crippen molar-refractivity contribution in [2.24, 2.45) is 0 Å². The number of carbonyl (C=O) groups is 2. The molecule has 1 fully saturated rings. The molecule has 0 aromatic rings. The first-order valence-corrected chi connectivity index (χ1v) is 8.22. The molecule has 0 radical (unpaired) electrons. The predicted octanol–water partition coefficient (Wildman–Crippen LogP) is 1.99. The molecule has 6 heteroatoms. The quantitative estimate of drug-likeness (QED) is 0.438. The monoisotopic (exact) mass is 277 g/mol. The second-order valence-electron chi connectivity index (χ2n) is 3.93. The van der Waals surface area contributed by atoms with Crippen LogP contribution in [-0.2, 0) is 14.3 Å². The number of hydrogen-bond donors (Lipinski definition) is 1. The molecule has 1 rings (SSSR count). The third kappa shape index (κ3) is 6.83. The number of amides is 1. The predicted molar refractivity (Wildman–Crippen MR) is 71.9 cm³/mol. The van der Waals surface area contributed by atoms with Gasteiger partial charge in [-0.1, -0.05) is 28.0 Å². The summed E-state index contributed by atoms with van der Waals surface area (Å²) in [6, 6.07) is 0. The van der Waals surface area contributed by atoms with Gasteiger partial charge in [0.2, 0.25) is 5.91 Å². The van der Waals surface area contributed by atoms with Gasteiger partial charge in [-0.05, 0) is 19.3 Å². The van der Waals surface area contributed by atoms with E-state index < -0.39 is 5.97 Å². The lowest BCUT2D eigenvalue weighted by Gasteiger charge is -2.07. The molecular formula is C11H19NO3S2. The number of unbranched alkanes of at least 4 members (excludes halogenated alkanes) is 1. The number of rotatable bonds is 7. The lowest BCUT2D eigenvalue weighted by Crippen LogP contribution is -2.29. The lowest BCUT2D eigenvalue weighted by atomic mass is 10.1. The summed E-state index contributed by atoms with van der Waals surface area (Å²) in [7, 11) is 5.23. The van der Waals surface area contributed by atoms with Crippen LogP contribution in [0.2, 0.25) is 0 Å². The van der Waals surface area contributed by atoms with Gasteiger partial charge in [-0.2, -0.15) is 0 Å². The summed E-state index contributed by atoms with van der Waals surface area (Å²) in [6.07, 6.45) is 4.98. The van der Waals surface area contributed by atoms with Crippen LogP contribution in [0.1, 0.15) is 32.1 Å². The van der Waals surface area contributed by atoms with Crippen molar-refractivity contribution >= 4 is 33.5 Å². The Labute approximate surface area is 110 Å². The van der Waals surface area contributed by atoms with E-state index in [1.807, 2.05) is 21.6 Å². The van der Waals surface area contributed by atoms with Gasteiger partial charge in [-0.25, -0.2) is 0 Å². The first kappa shape index (κ1) is 14.7. The number of carbonyl (C=O) groups excluding carboxylic acids is 2. The molecule has 1 saturated heterocycles. The molecule has 0 aromatic carbocycles. The van der Waals surface area contributed by atoms with Crippen molar-refractivity contribution < 1.29 is 14.3 Å². The van der Waals surface area contributed by atoms with Crippen molar-refractivity contribution in [3.63, 3.8) is 0 Å². The second kappa shape index (κ2) is 8.69. The summed E-state index contributed by atoms with van der Waals surface area (Å²) in [5.74, 6) is 0.788. The summed E-state index contributed by atoms with van der Waals surface area (Å²) >= 11 is 0. The maximum Gasteiger partial charge on any atom is 0.325 e. The van der Waals surface area contributed by atoms with E-state index in [1.54, 1.807) is 0 Å². The molecule has 0 spiro atoms. The minimum absolute atomic E-state index is 0.0234. The van der Waals surface area contributed by atoms with E-state index >= 15 is 0 Å². The first-order valence-electron chi connectivity index (χ1n) is 5.84.